The number of rotatable bonds is 10. The molecule has 0 atom stereocenters. The van der Waals surface area contributed by atoms with Crippen molar-refractivity contribution in [1.82, 2.24) is 9.55 Å². The maximum absolute atomic E-state index is 13.8. The molecule has 1 amide bonds. The molecule has 33 heavy (non-hydrogen) atoms. The minimum atomic E-state index is -0.857. The molecule has 3 aromatic rings. The van der Waals surface area contributed by atoms with Crippen LogP contribution in [0, 0.1) is 11.6 Å². The van der Waals surface area contributed by atoms with E-state index in [0.29, 0.717) is 34.2 Å². The van der Waals surface area contributed by atoms with E-state index in [1.54, 1.807) is 28.8 Å². The molecule has 0 radical (unpaired) electrons. The first-order valence-electron chi connectivity index (χ1n) is 10.5. The summed E-state index contributed by atoms with van der Waals surface area (Å²) < 4.78 is 34.2. The average Bonchev–Trinajstić information content (AvgIpc) is 3.08. The molecule has 2 N–H and O–H groups in total. The maximum Gasteiger partial charge on any atom is 0.404 e. The van der Waals surface area contributed by atoms with Gasteiger partial charge in [0.25, 0.3) is 0 Å². The predicted molar refractivity (Wildman–Crippen MR) is 121 cm³/mol. The zero-order valence-corrected chi connectivity index (χ0v) is 19.2. The van der Waals surface area contributed by atoms with Gasteiger partial charge in [0, 0.05) is 22.9 Å². The Morgan fingerprint density at radius 3 is 2.39 bits per heavy atom. The molecule has 2 aromatic carbocycles. The van der Waals surface area contributed by atoms with Gasteiger partial charge in [-0.3, -0.25) is 4.79 Å². The lowest BCUT2D eigenvalue weighted by Crippen LogP contribution is -2.16. The van der Waals surface area contributed by atoms with Gasteiger partial charge in [0.1, 0.15) is 22.5 Å². The topological polar surface area (TPSA) is 87.2 Å². The Morgan fingerprint density at radius 2 is 1.79 bits per heavy atom. The molecular formula is C24H25F2N3O3S. The van der Waals surface area contributed by atoms with Crippen LogP contribution in [0.1, 0.15) is 48.1 Å². The first kappa shape index (κ1) is 24.4. The number of amides is 1. The highest BCUT2D eigenvalue weighted by molar-refractivity contribution is 7.99. The molecule has 0 saturated carbocycles. The molecule has 0 spiro atoms. The van der Waals surface area contributed by atoms with Crippen molar-refractivity contribution in [2.75, 3.05) is 6.61 Å². The summed E-state index contributed by atoms with van der Waals surface area (Å²) >= 11 is 1.16. The van der Waals surface area contributed by atoms with Crippen LogP contribution in [-0.2, 0) is 17.7 Å². The summed E-state index contributed by atoms with van der Waals surface area (Å²) in [5.41, 5.74) is 6.29. The number of aromatic nitrogens is 2. The van der Waals surface area contributed by atoms with E-state index in [9.17, 15) is 18.4 Å². The van der Waals surface area contributed by atoms with Crippen LogP contribution in [0.2, 0.25) is 0 Å². The molecule has 9 heteroatoms. The van der Waals surface area contributed by atoms with E-state index in [1.807, 2.05) is 19.9 Å². The van der Waals surface area contributed by atoms with E-state index >= 15 is 0 Å². The molecule has 1 heterocycles. The van der Waals surface area contributed by atoms with E-state index in [2.05, 4.69) is 0 Å². The number of nitrogens with zero attached hydrogens (tertiary/aromatic N) is 2. The summed E-state index contributed by atoms with van der Waals surface area (Å²) in [7, 11) is 0. The number of primary amides is 1. The molecular weight excluding hydrogens is 448 g/mol. The zero-order chi connectivity index (χ0) is 24.0. The minimum absolute atomic E-state index is 0.000368. The number of Topliss-reactive ketones (excluding diaryl/α,β-unsaturated/α-hetero) is 1. The first-order chi connectivity index (χ1) is 15.7. The number of carbonyl (C=O) groups excluding carboxylic acids is 2. The number of ether oxygens (including phenoxy) is 1. The largest absolute Gasteiger partial charge is 0.450 e. The fourth-order valence-electron chi connectivity index (χ4n) is 3.30. The lowest BCUT2D eigenvalue weighted by Gasteiger charge is -2.13. The number of benzene rings is 2. The molecule has 3 rings (SSSR count). The Hall–Kier alpha value is -3.20. The van der Waals surface area contributed by atoms with E-state index in [4.69, 9.17) is 15.5 Å². The number of nitrogens with two attached hydrogens (primary N) is 1. The summed E-state index contributed by atoms with van der Waals surface area (Å²) in [6, 6.07) is 12.2. The third-order valence-corrected chi connectivity index (χ3v) is 5.90. The van der Waals surface area contributed by atoms with Crippen molar-refractivity contribution in [2.45, 2.75) is 49.1 Å². The Labute approximate surface area is 195 Å². The van der Waals surface area contributed by atoms with Crippen molar-refractivity contribution in [1.29, 1.82) is 0 Å². The standard InChI is InChI=1S/C24H25F2N3O3S/c1-15(2)22-23(33-19-12-17(25)11-18(26)13-19)29(14-20(30)16-7-4-3-5-8-16)21(28-22)9-6-10-32-24(27)31/h3-5,7-8,11-13,15H,6,9-10,14H2,1-2H3,(H2,27,31). The van der Waals surface area contributed by atoms with Crippen molar-refractivity contribution in [3.63, 3.8) is 0 Å². The van der Waals surface area contributed by atoms with Gasteiger partial charge in [-0.2, -0.15) is 0 Å². The van der Waals surface area contributed by atoms with Crippen molar-refractivity contribution >= 4 is 23.6 Å². The molecule has 0 aliphatic rings. The molecule has 0 aliphatic heterocycles. The number of ketones is 1. The van der Waals surface area contributed by atoms with Gasteiger partial charge in [-0.1, -0.05) is 55.9 Å². The molecule has 0 fully saturated rings. The number of hydrogen-bond donors (Lipinski definition) is 1. The van der Waals surface area contributed by atoms with Crippen molar-refractivity contribution < 1.29 is 23.1 Å². The predicted octanol–water partition coefficient (Wildman–Crippen LogP) is 5.35. The number of carbonyl (C=O) groups is 2. The minimum Gasteiger partial charge on any atom is -0.450 e. The molecule has 0 saturated heterocycles. The van der Waals surface area contributed by atoms with Crippen LogP contribution in [-0.4, -0.2) is 28.0 Å². The maximum atomic E-state index is 13.8. The van der Waals surface area contributed by atoms with Crippen LogP contribution in [0.3, 0.4) is 0 Å². The third kappa shape index (κ3) is 6.64. The van der Waals surface area contributed by atoms with E-state index < -0.39 is 17.7 Å². The van der Waals surface area contributed by atoms with Crippen molar-refractivity contribution in [3.8, 4) is 0 Å². The lowest BCUT2D eigenvalue weighted by molar-refractivity contribution is 0.0968. The molecule has 0 bridgehead atoms. The Morgan fingerprint density at radius 1 is 1.12 bits per heavy atom. The Balaban J connectivity index is 1.99. The van der Waals surface area contributed by atoms with Gasteiger partial charge in [0.2, 0.25) is 0 Å². The highest BCUT2D eigenvalue weighted by Crippen LogP contribution is 2.36. The Kier molecular flexibility index (Phi) is 8.21. The second-order valence-corrected chi connectivity index (χ2v) is 8.79. The first-order valence-corrected chi connectivity index (χ1v) is 11.3. The summed E-state index contributed by atoms with van der Waals surface area (Å²) in [6.45, 7) is 4.04. The number of imidazole rings is 1. The summed E-state index contributed by atoms with van der Waals surface area (Å²) in [5, 5.41) is 0.644. The number of halogens is 2. The summed E-state index contributed by atoms with van der Waals surface area (Å²) in [4.78, 5) is 29.0. The van der Waals surface area contributed by atoms with Gasteiger partial charge < -0.3 is 15.0 Å². The fourth-order valence-corrected chi connectivity index (χ4v) is 4.53. The van der Waals surface area contributed by atoms with Gasteiger partial charge in [-0.05, 0) is 24.5 Å². The van der Waals surface area contributed by atoms with Gasteiger partial charge in [0.15, 0.2) is 5.78 Å². The number of hydrogen-bond acceptors (Lipinski definition) is 5. The molecule has 1 aromatic heterocycles. The fraction of sp³-hybridized carbons (Fsp3) is 0.292. The van der Waals surface area contributed by atoms with Crippen LogP contribution >= 0.6 is 11.8 Å². The van der Waals surface area contributed by atoms with E-state index in [1.165, 1.54) is 12.1 Å². The van der Waals surface area contributed by atoms with Crippen LogP contribution in [0.4, 0.5) is 13.6 Å². The molecule has 174 valence electrons. The second kappa shape index (κ2) is 11.1. The third-order valence-electron chi connectivity index (χ3n) is 4.81. The van der Waals surface area contributed by atoms with Crippen LogP contribution in [0.5, 0.6) is 0 Å². The smallest absolute Gasteiger partial charge is 0.404 e. The SMILES string of the molecule is CC(C)c1nc(CCCOC(N)=O)n(CC(=O)c2ccccc2)c1Sc1cc(F)cc(F)c1. The zero-order valence-electron chi connectivity index (χ0n) is 18.4. The van der Waals surface area contributed by atoms with Crippen molar-refractivity contribution in [2.24, 2.45) is 5.73 Å². The molecule has 0 aliphatic carbocycles. The molecule has 0 unspecified atom stereocenters. The highest BCUT2D eigenvalue weighted by atomic mass is 32.2. The van der Waals surface area contributed by atoms with Crippen LogP contribution in [0.25, 0.3) is 0 Å². The van der Waals surface area contributed by atoms with Crippen molar-refractivity contribution in [3.05, 3.63) is 77.2 Å². The van der Waals surface area contributed by atoms with Gasteiger partial charge >= 0.3 is 6.09 Å². The lowest BCUT2D eigenvalue weighted by atomic mass is 10.1. The Bertz CT molecular complexity index is 1110. The van der Waals surface area contributed by atoms with Gasteiger partial charge in [-0.25, -0.2) is 18.6 Å². The highest BCUT2D eigenvalue weighted by Gasteiger charge is 2.23. The quantitative estimate of drug-likeness (QED) is 0.317. The van der Waals surface area contributed by atoms with Gasteiger partial charge in [0.05, 0.1) is 18.8 Å². The van der Waals surface area contributed by atoms with E-state index in [-0.39, 0.29) is 24.9 Å². The van der Waals surface area contributed by atoms with Crippen LogP contribution in [0.15, 0.2) is 58.5 Å². The molecule has 6 nitrogen and oxygen atoms in total. The van der Waals surface area contributed by atoms with E-state index in [0.717, 1.165) is 23.5 Å². The summed E-state index contributed by atoms with van der Waals surface area (Å²) in [6.07, 6.45) is 0.0212. The summed E-state index contributed by atoms with van der Waals surface area (Å²) in [5.74, 6) is -0.863. The average molecular weight is 474 g/mol. The monoisotopic (exact) mass is 473 g/mol. The second-order valence-electron chi connectivity index (χ2n) is 7.73. The number of aryl methyl sites for hydroxylation is 1. The van der Waals surface area contributed by atoms with Crippen LogP contribution < -0.4 is 5.73 Å². The van der Waals surface area contributed by atoms with Gasteiger partial charge in [-0.15, -0.1) is 0 Å². The normalized spacial score (nSPS) is 11.1.